The van der Waals surface area contributed by atoms with Crippen molar-refractivity contribution in [2.45, 2.75) is 71.3 Å². The molecular weight excluding hydrogens is 397 g/mol. The zero-order chi connectivity index (χ0) is 22.2. The molecule has 0 aliphatic carbocycles. The molecule has 0 heterocycles. The highest BCUT2D eigenvalue weighted by molar-refractivity contribution is 7.47. The number of rotatable bonds is 19. The van der Waals surface area contributed by atoms with Crippen LogP contribution in [0.4, 0.5) is 0 Å². The fraction of sp³-hybridized carbons (Fsp3) is 0.950. The number of ether oxygens (including phenoxy) is 2. The smallest absolute Gasteiger partial charge is 0.457 e. The fourth-order valence-corrected chi connectivity index (χ4v) is 3.15. The van der Waals surface area contributed by atoms with Crippen LogP contribution >= 0.6 is 7.82 Å². The van der Waals surface area contributed by atoms with E-state index in [1.54, 1.807) is 6.92 Å². The van der Waals surface area contributed by atoms with Gasteiger partial charge in [-0.05, 0) is 6.42 Å². The van der Waals surface area contributed by atoms with Crippen molar-refractivity contribution in [1.29, 1.82) is 0 Å². The number of hydrogen-bond acceptors (Lipinski definition) is 6. The Balaban J connectivity index is 4.18. The SMILES string of the molecule is CCCCCCCCCOCC(COP(=O)(O)OCC[N+](C)(C)C)OC(=O)CC. The lowest BCUT2D eigenvalue weighted by Gasteiger charge is -2.24. The predicted octanol–water partition coefficient (Wildman–Crippen LogP) is 3.92. The van der Waals surface area contributed by atoms with Crippen molar-refractivity contribution < 1.29 is 37.3 Å². The van der Waals surface area contributed by atoms with E-state index in [0.717, 1.165) is 12.8 Å². The van der Waals surface area contributed by atoms with Gasteiger partial charge in [0.1, 0.15) is 19.3 Å². The van der Waals surface area contributed by atoms with Crippen molar-refractivity contribution in [2.24, 2.45) is 0 Å². The summed E-state index contributed by atoms with van der Waals surface area (Å²) in [7, 11) is 1.66. The number of carbonyl (C=O) groups is 1. The van der Waals surface area contributed by atoms with Crippen LogP contribution in [0.3, 0.4) is 0 Å². The predicted molar refractivity (Wildman–Crippen MR) is 114 cm³/mol. The van der Waals surface area contributed by atoms with Crippen LogP contribution in [-0.4, -0.2) is 75.6 Å². The maximum absolute atomic E-state index is 12.0. The molecule has 0 aliphatic heterocycles. The summed E-state index contributed by atoms with van der Waals surface area (Å²) in [5, 5.41) is 0. The second-order valence-corrected chi connectivity index (χ2v) is 9.73. The molecule has 0 spiro atoms. The lowest BCUT2D eigenvalue weighted by atomic mass is 10.1. The molecule has 0 fully saturated rings. The Morgan fingerprint density at radius 3 is 2.14 bits per heavy atom. The molecular formula is C20H43NO7P+. The van der Waals surface area contributed by atoms with Crippen LogP contribution < -0.4 is 0 Å². The van der Waals surface area contributed by atoms with Gasteiger partial charge >= 0.3 is 13.8 Å². The standard InChI is InChI=1S/C20H42NO7P/c1-6-8-9-10-11-12-13-15-25-17-19(28-20(22)7-2)18-27-29(23,24)26-16-14-21(3,4)5/h19H,6-18H2,1-5H3/p+1. The van der Waals surface area contributed by atoms with E-state index < -0.39 is 19.9 Å². The Hall–Kier alpha value is -0.500. The van der Waals surface area contributed by atoms with E-state index in [4.69, 9.17) is 18.5 Å². The Kier molecular flexibility index (Phi) is 15.9. The Bertz CT molecular complexity index is 468. The molecule has 0 aromatic heterocycles. The third-order valence-corrected chi connectivity index (χ3v) is 5.21. The van der Waals surface area contributed by atoms with Gasteiger partial charge < -0.3 is 18.9 Å². The third kappa shape index (κ3) is 19.2. The Labute approximate surface area is 177 Å². The van der Waals surface area contributed by atoms with Crippen molar-refractivity contribution in [3.63, 3.8) is 0 Å². The zero-order valence-electron chi connectivity index (χ0n) is 19.1. The first-order valence-electron chi connectivity index (χ1n) is 10.8. The van der Waals surface area contributed by atoms with Gasteiger partial charge in [-0.1, -0.05) is 52.4 Å². The molecule has 0 aromatic rings. The molecule has 0 aromatic carbocycles. The molecule has 174 valence electrons. The molecule has 0 radical (unpaired) electrons. The summed E-state index contributed by atoms with van der Waals surface area (Å²) in [5.41, 5.74) is 0. The van der Waals surface area contributed by atoms with E-state index in [1.165, 1.54) is 32.1 Å². The second-order valence-electron chi connectivity index (χ2n) is 8.27. The van der Waals surface area contributed by atoms with Crippen molar-refractivity contribution in [2.75, 3.05) is 54.1 Å². The lowest BCUT2D eigenvalue weighted by Crippen LogP contribution is -2.37. The van der Waals surface area contributed by atoms with Crippen LogP contribution in [-0.2, 0) is 27.9 Å². The maximum Gasteiger partial charge on any atom is 0.472 e. The van der Waals surface area contributed by atoms with Crippen LogP contribution in [0.15, 0.2) is 0 Å². The fourth-order valence-electron chi connectivity index (χ4n) is 2.41. The van der Waals surface area contributed by atoms with Gasteiger partial charge in [0.25, 0.3) is 0 Å². The summed E-state index contributed by atoms with van der Waals surface area (Å²) >= 11 is 0. The van der Waals surface area contributed by atoms with Gasteiger partial charge in [0.05, 0.1) is 34.4 Å². The summed E-state index contributed by atoms with van der Waals surface area (Å²) in [4.78, 5) is 21.4. The van der Waals surface area contributed by atoms with Gasteiger partial charge in [0, 0.05) is 13.0 Å². The van der Waals surface area contributed by atoms with Gasteiger partial charge in [-0.25, -0.2) is 4.57 Å². The van der Waals surface area contributed by atoms with Crippen LogP contribution in [0.25, 0.3) is 0 Å². The molecule has 0 saturated heterocycles. The minimum atomic E-state index is -4.20. The number of phosphoric acid groups is 1. The molecule has 0 aliphatic rings. The monoisotopic (exact) mass is 440 g/mol. The first-order valence-corrected chi connectivity index (χ1v) is 12.3. The van der Waals surface area contributed by atoms with E-state index in [0.29, 0.717) is 17.6 Å². The third-order valence-electron chi connectivity index (χ3n) is 4.22. The number of carbonyl (C=O) groups excluding carboxylic acids is 1. The number of phosphoric ester groups is 1. The van der Waals surface area contributed by atoms with Crippen molar-refractivity contribution >= 4 is 13.8 Å². The summed E-state index contributed by atoms with van der Waals surface area (Å²) < 4.78 is 33.4. The van der Waals surface area contributed by atoms with Crippen molar-refractivity contribution in [1.82, 2.24) is 0 Å². The number of hydrogen-bond donors (Lipinski definition) is 1. The van der Waals surface area contributed by atoms with Crippen LogP contribution in [0, 0.1) is 0 Å². The first-order chi connectivity index (χ1) is 13.6. The summed E-state index contributed by atoms with van der Waals surface area (Å²) in [6.45, 7) is 4.97. The summed E-state index contributed by atoms with van der Waals surface area (Å²) in [6, 6.07) is 0. The Morgan fingerprint density at radius 2 is 1.55 bits per heavy atom. The Morgan fingerprint density at radius 1 is 0.931 bits per heavy atom. The quantitative estimate of drug-likeness (QED) is 0.141. The minimum Gasteiger partial charge on any atom is -0.457 e. The van der Waals surface area contributed by atoms with Gasteiger partial charge in [-0.15, -0.1) is 0 Å². The number of quaternary nitrogens is 1. The number of esters is 1. The van der Waals surface area contributed by atoms with E-state index in [-0.39, 0.29) is 26.2 Å². The lowest BCUT2D eigenvalue weighted by molar-refractivity contribution is -0.870. The van der Waals surface area contributed by atoms with Crippen LogP contribution in [0.5, 0.6) is 0 Å². The second kappa shape index (κ2) is 16.2. The van der Waals surface area contributed by atoms with Crippen LogP contribution in [0.1, 0.15) is 65.2 Å². The van der Waals surface area contributed by atoms with E-state index in [9.17, 15) is 14.3 Å². The molecule has 0 rings (SSSR count). The van der Waals surface area contributed by atoms with E-state index in [2.05, 4.69) is 6.92 Å². The molecule has 2 unspecified atom stereocenters. The largest absolute Gasteiger partial charge is 0.472 e. The van der Waals surface area contributed by atoms with E-state index in [1.807, 2.05) is 21.1 Å². The molecule has 0 saturated carbocycles. The molecule has 9 heteroatoms. The maximum atomic E-state index is 12.0. The molecule has 29 heavy (non-hydrogen) atoms. The topological polar surface area (TPSA) is 91.3 Å². The first kappa shape index (κ1) is 28.5. The van der Waals surface area contributed by atoms with Gasteiger partial charge in [0.15, 0.2) is 0 Å². The highest BCUT2D eigenvalue weighted by atomic mass is 31.2. The molecule has 1 N–H and O–H groups in total. The summed E-state index contributed by atoms with van der Waals surface area (Å²) in [5.74, 6) is -0.406. The van der Waals surface area contributed by atoms with Crippen molar-refractivity contribution in [3.8, 4) is 0 Å². The number of unbranched alkanes of at least 4 members (excludes halogenated alkanes) is 6. The molecule has 0 bridgehead atoms. The van der Waals surface area contributed by atoms with E-state index >= 15 is 0 Å². The zero-order valence-corrected chi connectivity index (χ0v) is 20.0. The number of likely N-dealkylation sites (N-methyl/N-ethyl adjacent to an activating group) is 1. The van der Waals surface area contributed by atoms with Crippen LogP contribution in [0.2, 0.25) is 0 Å². The average Bonchev–Trinajstić information content (AvgIpc) is 2.63. The van der Waals surface area contributed by atoms with Gasteiger partial charge in [0.2, 0.25) is 0 Å². The average molecular weight is 441 g/mol. The highest BCUT2D eigenvalue weighted by Crippen LogP contribution is 2.43. The minimum absolute atomic E-state index is 0.0887. The number of nitrogens with zero attached hydrogens (tertiary/aromatic N) is 1. The van der Waals surface area contributed by atoms with Crippen molar-refractivity contribution in [3.05, 3.63) is 0 Å². The summed E-state index contributed by atoms with van der Waals surface area (Å²) in [6.07, 6.45) is 7.76. The van der Waals surface area contributed by atoms with Gasteiger partial charge in [-0.2, -0.15) is 0 Å². The normalized spacial score (nSPS) is 15.1. The van der Waals surface area contributed by atoms with Gasteiger partial charge in [-0.3, -0.25) is 13.8 Å². The molecule has 2 atom stereocenters. The molecule has 0 amide bonds. The highest BCUT2D eigenvalue weighted by Gasteiger charge is 2.26. The molecule has 8 nitrogen and oxygen atoms in total.